The number of hydrogen-bond donors (Lipinski definition) is 1. The zero-order chi connectivity index (χ0) is 27.6. The normalized spacial score (nSPS) is 18.4. The van der Waals surface area contributed by atoms with Gasteiger partial charge in [0.25, 0.3) is 5.91 Å². The number of carbonyl (C=O) groups is 1. The van der Waals surface area contributed by atoms with Crippen molar-refractivity contribution in [1.82, 2.24) is 19.6 Å². The zero-order valence-electron chi connectivity index (χ0n) is 22.3. The van der Waals surface area contributed by atoms with Gasteiger partial charge in [0.05, 0.1) is 23.1 Å². The van der Waals surface area contributed by atoms with Gasteiger partial charge in [0.15, 0.2) is 0 Å². The first kappa shape index (κ1) is 26.2. The van der Waals surface area contributed by atoms with Crippen LogP contribution in [0.1, 0.15) is 58.3 Å². The van der Waals surface area contributed by atoms with E-state index in [0.717, 1.165) is 61.5 Å². The Morgan fingerprint density at radius 3 is 2.33 bits per heavy atom. The molecule has 0 saturated carbocycles. The molecule has 3 heterocycles. The highest BCUT2D eigenvalue weighted by Gasteiger charge is 2.34. The SMILES string of the molecule is Nc1ccc(CN2CCC(c3c(C(=O)N4CC[C@H](c5cccc(F)c5)C4)cnn3-c3ccc(F)cc3)CC2)cc1. The number of aromatic nitrogens is 2. The summed E-state index contributed by atoms with van der Waals surface area (Å²) in [4.78, 5) is 18.2. The molecule has 0 spiro atoms. The Morgan fingerprint density at radius 1 is 0.875 bits per heavy atom. The lowest BCUT2D eigenvalue weighted by Crippen LogP contribution is -2.34. The van der Waals surface area contributed by atoms with Gasteiger partial charge in [0.1, 0.15) is 11.6 Å². The average molecular weight is 542 g/mol. The summed E-state index contributed by atoms with van der Waals surface area (Å²) in [5, 5.41) is 4.64. The van der Waals surface area contributed by atoms with Gasteiger partial charge in [-0.25, -0.2) is 13.5 Å². The molecule has 1 atom stereocenters. The van der Waals surface area contributed by atoms with Crippen LogP contribution < -0.4 is 5.73 Å². The minimum atomic E-state index is -0.315. The first-order chi connectivity index (χ1) is 19.4. The summed E-state index contributed by atoms with van der Waals surface area (Å²) in [6, 6.07) is 20.9. The molecule has 0 bridgehead atoms. The number of amides is 1. The van der Waals surface area contributed by atoms with Crippen LogP contribution in [0.15, 0.2) is 79.0 Å². The van der Waals surface area contributed by atoms with Crippen molar-refractivity contribution in [3.05, 3.63) is 113 Å². The lowest BCUT2D eigenvalue weighted by Gasteiger charge is -2.33. The molecule has 8 heteroatoms. The lowest BCUT2D eigenvalue weighted by molar-refractivity contribution is 0.0788. The maximum atomic E-state index is 13.9. The van der Waals surface area contributed by atoms with E-state index in [1.807, 2.05) is 27.8 Å². The Morgan fingerprint density at radius 2 is 1.60 bits per heavy atom. The molecule has 2 aliphatic rings. The molecule has 6 nitrogen and oxygen atoms in total. The second-order valence-corrected chi connectivity index (χ2v) is 10.9. The van der Waals surface area contributed by atoms with Gasteiger partial charge in [-0.2, -0.15) is 5.10 Å². The van der Waals surface area contributed by atoms with E-state index < -0.39 is 0 Å². The number of rotatable bonds is 6. The van der Waals surface area contributed by atoms with E-state index in [0.29, 0.717) is 18.7 Å². The molecule has 40 heavy (non-hydrogen) atoms. The lowest BCUT2D eigenvalue weighted by atomic mass is 9.90. The van der Waals surface area contributed by atoms with Crippen molar-refractivity contribution in [2.24, 2.45) is 0 Å². The number of nitrogens with two attached hydrogens (primary N) is 1. The highest BCUT2D eigenvalue weighted by Crippen LogP contribution is 2.35. The van der Waals surface area contributed by atoms with Crippen molar-refractivity contribution in [1.29, 1.82) is 0 Å². The van der Waals surface area contributed by atoms with Crippen molar-refractivity contribution in [2.45, 2.75) is 37.6 Å². The van der Waals surface area contributed by atoms with E-state index in [9.17, 15) is 13.6 Å². The van der Waals surface area contributed by atoms with Crippen LogP contribution in [0.25, 0.3) is 5.69 Å². The van der Waals surface area contributed by atoms with Crippen LogP contribution in [-0.4, -0.2) is 51.7 Å². The highest BCUT2D eigenvalue weighted by atomic mass is 19.1. The molecule has 2 aliphatic heterocycles. The minimum Gasteiger partial charge on any atom is -0.399 e. The zero-order valence-corrected chi connectivity index (χ0v) is 22.3. The molecular weight excluding hydrogens is 508 g/mol. The maximum Gasteiger partial charge on any atom is 0.257 e. The van der Waals surface area contributed by atoms with E-state index in [1.165, 1.54) is 23.8 Å². The van der Waals surface area contributed by atoms with Gasteiger partial charge in [-0.15, -0.1) is 0 Å². The van der Waals surface area contributed by atoms with E-state index in [4.69, 9.17) is 5.73 Å². The second-order valence-electron chi connectivity index (χ2n) is 10.9. The van der Waals surface area contributed by atoms with Gasteiger partial charge in [-0.1, -0.05) is 24.3 Å². The quantitative estimate of drug-likeness (QED) is 0.316. The Balaban J connectivity index is 1.23. The molecule has 1 aromatic heterocycles. The molecule has 1 amide bonds. The second kappa shape index (κ2) is 11.2. The molecule has 0 unspecified atom stereocenters. The van der Waals surface area contributed by atoms with Crippen LogP contribution in [0.5, 0.6) is 0 Å². The average Bonchev–Trinajstić information content (AvgIpc) is 3.63. The largest absolute Gasteiger partial charge is 0.399 e. The van der Waals surface area contributed by atoms with Crippen molar-refractivity contribution >= 4 is 11.6 Å². The van der Waals surface area contributed by atoms with E-state index in [1.54, 1.807) is 30.5 Å². The van der Waals surface area contributed by atoms with Crippen LogP contribution >= 0.6 is 0 Å². The van der Waals surface area contributed by atoms with Crippen molar-refractivity contribution in [3.8, 4) is 5.69 Å². The third-order valence-electron chi connectivity index (χ3n) is 8.26. The molecule has 6 rings (SSSR count). The third kappa shape index (κ3) is 5.49. The summed E-state index contributed by atoms with van der Waals surface area (Å²) in [5.74, 6) is -0.382. The predicted molar refractivity (Wildman–Crippen MR) is 151 cm³/mol. The number of nitrogen functional groups attached to an aromatic ring is 1. The molecule has 2 fully saturated rings. The number of carbonyl (C=O) groups excluding carboxylic acids is 1. The summed E-state index contributed by atoms with van der Waals surface area (Å²) in [6.07, 6.45) is 4.22. The molecule has 2 saturated heterocycles. The van der Waals surface area contributed by atoms with Crippen LogP contribution in [-0.2, 0) is 6.54 Å². The first-order valence-electron chi connectivity index (χ1n) is 13.9. The summed E-state index contributed by atoms with van der Waals surface area (Å²) in [6.45, 7) is 3.79. The van der Waals surface area contributed by atoms with Gasteiger partial charge in [0.2, 0.25) is 0 Å². The summed E-state index contributed by atoms with van der Waals surface area (Å²) >= 11 is 0. The number of hydrogen-bond acceptors (Lipinski definition) is 4. The number of piperidine rings is 1. The van der Waals surface area contributed by atoms with E-state index >= 15 is 0 Å². The van der Waals surface area contributed by atoms with Crippen molar-refractivity contribution in [3.63, 3.8) is 0 Å². The number of nitrogens with zero attached hydrogens (tertiary/aromatic N) is 4. The molecule has 0 radical (unpaired) electrons. The minimum absolute atomic E-state index is 0.0495. The molecule has 206 valence electrons. The van der Waals surface area contributed by atoms with E-state index in [-0.39, 0.29) is 29.4 Å². The number of benzene rings is 3. The fourth-order valence-corrected chi connectivity index (χ4v) is 6.10. The molecule has 4 aromatic rings. The molecular formula is C32H33F2N5O. The summed E-state index contributed by atoms with van der Waals surface area (Å²) < 4.78 is 29.4. The van der Waals surface area contributed by atoms with Gasteiger partial charge in [0, 0.05) is 37.2 Å². The number of anilines is 1. The van der Waals surface area contributed by atoms with Crippen LogP contribution in [0.2, 0.25) is 0 Å². The van der Waals surface area contributed by atoms with Gasteiger partial charge >= 0.3 is 0 Å². The first-order valence-corrected chi connectivity index (χ1v) is 13.9. The maximum absolute atomic E-state index is 13.9. The van der Waals surface area contributed by atoms with Gasteiger partial charge < -0.3 is 10.6 Å². The fourth-order valence-electron chi connectivity index (χ4n) is 6.10. The Hall–Kier alpha value is -4.04. The topological polar surface area (TPSA) is 67.4 Å². The number of likely N-dealkylation sites (tertiary alicyclic amines) is 2. The van der Waals surface area contributed by atoms with Crippen LogP contribution in [0.3, 0.4) is 0 Å². The van der Waals surface area contributed by atoms with Crippen LogP contribution in [0, 0.1) is 11.6 Å². The molecule has 2 N–H and O–H groups in total. The van der Waals surface area contributed by atoms with Gasteiger partial charge in [-0.05, 0) is 92.0 Å². The standard InChI is InChI=1S/C32H33F2N5O/c33-26-6-10-29(11-7-26)39-31(23-12-15-37(16-13-23)20-22-4-8-28(35)9-5-22)30(19-36-39)32(40)38-17-14-25(21-38)24-2-1-3-27(34)18-24/h1-11,18-19,23,25H,12-17,20-21,35H2/t25-/m0/s1. The van der Waals surface area contributed by atoms with Crippen molar-refractivity contribution < 1.29 is 13.6 Å². The number of halogens is 2. The summed E-state index contributed by atoms with van der Waals surface area (Å²) in [7, 11) is 0. The Labute approximate surface area is 233 Å². The smallest absolute Gasteiger partial charge is 0.257 e. The van der Waals surface area contributed by atoms with Gasteiger partial charge in [-0.3, -0.25) is 9.69 Å². The fraction of sp³-hybridized carbons (Fsp3) is 0.312. The summed E-state index contributed by atoms with van der Waals surface area (Å²) in [5.41, 5.74) is 11.0. The monoisotopic (exact) mass is 541 g/mol. The Bertz CT molecular complexity index is 1480. The Kier molecular flexibility index (Phi) is 7.34. The predicted octanol–water partition coefficient (Wildman–Crippen LogP) is 5.74. The van der Waals surface area contributed by atoms with Crippen LogP contribution in [0.4, 0.5) is 14.5 Å². The van der Waals surface area contributed by atoms with E-state index in [2.05, 4.69) is 22.1 Å². The molecule has 3 aromatic carbocycles. The highest BCUT2D eigenvalue weighted by molar-refractivity contribution is 5.95. The third-order valence-corrected chi connectivity index (χ3v) is 8.26. The molecule has 0 aliphatic carbocycles. The van der Waals surface area contributed by atoms with Crippen molar-refractivity contribution in [2.75, 3.05) is 31.9 Å².